The molecule has 1 aromatic carbocycles. The molecule has 23 heavy (non-hydrogen) atoms. The molecule has 0 spiro atoms. The molecule has 1 aromatic rings. The minimum absolute atomic E-state index is 0.260. The Hall–Kier alpha value is -1.14. The first-order valence-corrected chi connectivity index (χ1v) is 8.66. The summed E-state index contributed by atoms with van der Waals surface area (Å²) in [6.45, 7) is 12.6. The van der Waals surface area contributed by atoms with Gasteiger partial charge in [-0.3, -0.25) is 0 Å². The van der Waals surface area contributed by atoms with Crippen molar-refractivity contribution in [3.8, 4) is 5.75 Å². The van der Waals surface area contributed by atoms with Gasteiger partial charge in [0.1, 0.15) is 57.7 Å². The third-order valence-electron chi connectivity index (χ3n) is 4.68. The molecule has 2 rings (SSSR count). The first-order valence-electron chi connectivity index (χ1n) is 8.66. The number of aliphatic hydroxyl groups excluding tert-OH is 2. The summed E-state index contributed by atoms with van der Waals surface area (Å²) in [5, 5.41) is 19.3. The van der Waals surface area contributed by atoms with Crippen molar-refractivity contribution in [2.24, 2.45) is 0 Å². The van der Waals surface area contributed by atoms with Crippen molar-refractivity contribution < 1.29 is 24.7 Å². The quantitative estimate of drug-likeness (QED) is 0.475. The molecule has 1 fully saturated rings. The lowest BCUT2D eigenvalue weighted by molar-refractivity contribution is -1.01. The van der Waals surface area contributed by atoms with Gasteiger partial charge in [0.2, 0.25) is 0 Å². The van der Waals surface area contributed by atoms with Crippen LogP contribution < -0.4 is 14.5 Å². The minimum atomic E-state index is -0.440. The maximum atomic E-state index is 10.3. The van der Waals surface area contributed by atoms with Gasteiger partial charge in [-0.1, -0.05) is 17.7 Å². The van der Waals surface area contributed by atoms with Gasteiger partial charge in [0.15, 0.2) is 0 Å². The van der Waals surface area contributed by atoms with Crippen LogP contribution in [0.15, 0.2) is 12.1 Å². The Morgan fingerprint density at radius 2 is 1.61 bits per heavy atom. The molecular weight excluding hydrogens is 292 g/mol. The number of nitrogens with one attached hydrogen (secondary N) is 2. The van der Waals surface area contributed by atoms with Crippen LogP contribution in [0.5, 0.6) is 5.75 Å². The fourth-order valence-corrected chi connectivity index (χ4v) is 3.54. The van der Waals surface area contributed by atoms with Gasteiger partial charge >= 0.3 is 0 Å². The summed E-state index contributed by atoms with van der Waals surface area (Å²) >= 11 is 0. The van der Waals surface area contributed by atoms with Crippen molar-refractivity contribution in [2.75, 3.05) is 52.5 Å². The Kier molecular flexibility index (Phi) is 6.84. The third-order valence-corrected chi connectivity index (χ3v) is 4.68. The first kappa shape index (κ1) is 18.2. The second kappa shape index (κ2) is 8.64. The van der Waals surface area contributed by atoms with E-state index in [1.165, 1.54) is 15.4 Å². The topological polar surface area (TPSA) is 58.6 Å². The van der Waals surface area contributed by atoms with Crippen LogP contribution in [0, 0.1) is 20.8 Å². The normalized spacial score (nSPS) is 22.8. The summed E-state index contributed by atoms with van der Waals surface area (Å²) in [6.07, 6.45) is -0.440. The van der Waals surface area contributed by atoms with Gasteiger partial charge in [0.25, 0.3) is 0 Å². The van der Waals surface area contributed by atoms with E-state index in [0.717, 1.165) is 56.1 Å². The highest BCUT2D eigenvalue weighted by molar-refractivity contribution is 5.42. The standard InChI is InChI=1S/C18H30N2O3/c1-14-10-15(2)18(16(3)11-14)23-13-17(22)12-20-6-4-19(5-7-20)8-9-21/h10-11,17,21-22H,4-9,12-13H2,1-3H3/p+2. The van der Waals surface area contributed by atoms with Crippen molar-refractivity contribution in [1.82, 2.24) is 0 Å². The SMILES string of the molecule is Cc1cc(C)c(OCC(O)C[NH+]2CC[NH+](CCO)CC2)c(C)c1. The molecular formula is C18H32N2O3+2. The largest absolute Gasteiger partial charge is 0.490 e. The molecule has 0 aliphatic carbocycles. The average Bonchev–Trinajstić information content (AvgIpc) is 2.48. The lowest BCUT2D eigenvalue weighted by Crippen LogP contribution is -3.28. The van der Waals surface area contributed by atoms with Crippen LogP contribution in [0.25, 0.3) is 0 Å². The summed E-state index contributed by atoms with van der Waals surface area (Å²) in [5.41, 5.74) is 3.49. The van der Waals surface area contributed by atoms with Gasteiger partial charge < -0.3 is 24.7 Å². The van der Waals surface area contributed by atoms with Crippen LogP contribution in [0.3, 0.4) is 0 Å². The Bertz CT molecular complexity index is 476. The number of hydrogen-bond acceptors (Lipinski definition) is 3. The number of ether oxygens (including phenoxy) is 1. The number of aliphatic hydroxyl groups is 2. The number of piperazine rings is 1. The highest BCUT2D eigenvalue weighted by Crippen LogP contribution is 2.24. The number of quaternary nitrogens is 2. The van der Waals surface area contributed by atoms with Gasteiger partial charge in [0, 0.05) is 0 Å². The zero-order valence-corrected chi connectivity index (χ0v) is 14.7. The molecule has 1 aliphatic heterocycles. The van der Waals surface area contributed by atoms with Gasteiger partial charge in [0.05, 0.1) is 6.61 Å². The smallest absolute Gasteiger partial charge is 0.137 e. The molecule has 1 aliphatic rings. The monoisotopic (exact) mass is 324 g/mol. The summed E-state index contributed by atoms with van der Waals surface area (Å²) < 4.78 is 5.88. The maximum Gasteiger partial charge on any atom is 0.137 e. The third kappa shape index (κ3) is 5.46. The van der Waals surface area contributed by atoms with E-state index in [2.05, 4.69) is 32.9 Å². The van der Waals surface area contributed by atoms with Gasteiger partial charge in [-0.25, -0.2) is 0 Å². The Labute approximate surface area is 139 Å². The summed E-state index contributed by atoms with van der Waals surface area (Å²) in [5.74, 6) is 0.904. The van der Waals surface area contributed by atoms with Crippen molar-refractivity contribution in [2.45, 2.75) is 26.9 Å². The molecule has 0 radical (unpaired) electrons. The van der Waals surface area contributed by atoms with E-state index in [-0.39, 0.29) is 6.61 Å². The van der Waals surface area contributed by atoms with Crippen LogP contribution in [0.4, 0.5) is 0 Å². The van der Waals surface area contributed by atoms with E-state index >= 15 is 0 Å². The lowest BCUT2D eigenvalue weighted by Gasteiger charge is -2.30. The second-order valence-electron chi connectivity index (χ2n) is 6.87. The predicted molar refractivity (Wildman–Crippen MR) is 90.4 cm³/mol. The highest BCUT2D eigenvalue weighted by atomic mass is 16.5. The minimum Gasteiger partial charge on any atom is -0.490 e. The Morgan fingerprint density at radius 1 is 1.04 bits per heavy atom. The van der Waals surface area contributed by atoms with Crippen LogP contribution in [-0.2, 0) is 0 Å². The average molecular weight is 324 g/mol. The molecule has 1 heterocycles. The zero-order chi connectivity index (χ0) is 16.8. The van der Waals surface area contributed by atoms with Crippen LogP contribution in [-0.4, -0.2) is 68.8 Å². The second-order valence-corrected chi connectivity index (χ2v) is 6.87. The van der Waals surface area contributed by atoms with Crippen LogP contribution in [0.1, 0.15) is 16.7 Å². The lowest BCUT2D eigenvalue weighted by atomic mass is 10.1. The number of aryl methyl sites for hydroxylation is 3. The van der Waals surface area contributed by atoms with Gasteiger partial charge in [-0.2, -0.15) is 0 Å². The molecule has 0 amide bonds. The zero-order valence-electron chi connectivity index (χ0n) is 14.7. The maximum absolute atomic E-state index is 10.3. The fraction of sp³-hybridized carbons (Fsp3) is 0.667. The summed E-state index contributed by atoms with van der Waals surface area (Å²) in [6, 6.07) is 4.23. The Morgan fingerprint density at radius 3 is 2.17 bits per heavy atom. The number of hydrogen-bond donors (Lipinski definition) is 4. The molecule has 1 unspecified atom stereocenters. The number of benzene rings is 1. The van der Waals surface area contributed by atoms with Crippen molar-refractivity contribution in [3.63, 3.8) is 0 Å². The first-order chi connectivity index (χ1) is 11.0. The number of rotatable bonds is 7. The van der Waals surface area contributed by atoms with Crippen molar-refractivity contribution >= 4 is 0 Å². The molecule has 0 bridgehead atoms. The van der Waals surface area contributed by atoms with Crippen LogP contribution >= 0.6 is 0 Å². The van der Waals surface area contributed by atoms with E-state index in [1.54, 1.807) is 0 Å². The molecule has 1 saturated heterocycles. The van der Waals surface area contributed by atoms with E-state index in [1.807, 2.05) is 0 Å². The molecule has 0 saturated carbocycles. The van der Waals surface area contributed by atoms with E-state index in [9.17, 15) is 5.11 Å². The summed E-state index contributed by atoms with van der Waals surface area (Å²) in [7, 11) is 0. The van der Waals surface area contributed by atoms with Crippen LogP contribution in [0.2, 0.25) is 0 Å². The molecule has 4 N–H and O–H groups in total. The molecule has 1 atom stereocenters. The molecule has 5 nitrogen and oxygen atoms in total. The molecule has 5 heteroatoms. The highest BCUT2D eigenvalue weighted by Gasteiger charge is 2.24. The predicted octanol–water partition coefficient (Wildman–Crippen LogP) is -1.87. The van der Waals surface area contributed by atoms with E-state index in [0.29, 0.717) is 6.61 Å². The van der Waals surface area contributed by atoms with Crippen molar-refractivity contribution in [1.29, 1.82) is 0 Å². The molecule has 130 valence electrons. The van der Waals surface area contributed by atoms with Crippen molar-refractivity contribution in [3.05, 3.63) is 28.8 Å². The van der Waals surface area contributed by atoms with Gasteiger partial charge in [-0.15, -0.1) is 0 Å². The fourth-order valence-electron chi connectivity index (χ4n) is 3.54. The Balaban J connectivity index is 1.77. The van der Waals surface area contributed by atoms with E-state index in [4.69, 9.17) is 9.84 Å². The van der Waals surface area contributed by atoms with E-state index < -0.39 is 6.10 Å². The molecule has 0 aromatic heterocycles. The summed E-state index contributed by atoms with van der Waals surface area (Å²) in [4.78, 5) is 2.90. The van der Waals surface area contributed by atoms with Gasteiger partial charge in [-0.05, 0) is 31.9 Å².